The van der Waals surface area contributed by atoms with E-state index in [1.165, 1.54) is 6.26 Å². The van der Waals surface area contributed by atoms with Crippen LogP contribution in [0.1, 0.15) is 17.4 Å². The Balaban J connectivity index is 1.94. The number of rotatable bonds is 7. The Morgan fingerprint density at radius 3 is 2.63 bits per heavy atom. The van der Waals surface area contributed by atoms with Crippen molar-refractivity contribution in [3.8, 4) is 23.0 Å². The maximum atomic E-state index is 12.7. The average molecular weight is 370 g/mol. The minimum atomic E-state index is -1.21. The Morgan fingerprint density at radius 1 is 1.22 bits per heavy atom. The summed E-state index contributed by atoms with van der Waals surface area (Å²) in [5, 5.41) is 11.8. The molecule has 8 nitrogen and oxygen atoms in total. The number of hydrogen-bond acceptors (Lipinski definition) is 7. The Kier molecular flexibility index (Phi) is 5.68. The number of carbonyl (C=O) groups is 2. The van der Waals surface area contributed by atoms with Crippen molar-refractivity contribution in [3.63, 3.8) is 0 Å². The van der Waals surface area contributed by atoms with Gasteiger partial charge in [-0.1, -0.05) is 18.2 Å². The third-order valence-corrected chi connectivity index (χ3v) is 3.67. The lowest BCUT2D eigenvalue weighted by Crippen LogP contribution is -2.44. The van der Waals surface area contributed by atoms with Crippen LogP contribution in [0.25, 0.3) is 23.0 Å². The number of aliphatic hydroxyl groups excluding tert-OH is 1. The number of carbonyl (C=O) groups excluding carboxylic acids is 2. The molecule has 0 aliphatic carbocycles. The number of nitrogens with zero attached hydrogens (tertiary/aromatic N) is 1. The molecule has 2 heterocycles. The molecular formula is C19H18N2O6. The van der Waals surface area contributed by atoms with Gasteiger partial charge in [-0.25, -0.2) is 9.78 Å². The molecule has 8 heteroatoms. The third kappa shape index (κ3) is 4.06. The molecule has 1 amide bonds. The van der Waals surface area contributed by atoms with Crippen molar-refractivity contribution >= 4 is 11.9 Å². The summed E-state index contributed by atoms with van der Waals surface area (Å²) in [6.45, 7) is 1.15. The lowest BCUT2D eigenvalue weighted by molar-refractivity contribution is -0.146. The second-order valence-corrected chi connectivity index (χ2v) is 5.50. The normalized spacial score (nSPS) is 11.8. The largest absolute Gasteiger partial charge is 0.464 e. The Hall–Kier alpha value is -3.39. The lowest BCUT2D eigenvalue weighted by atomic mass is 10.2. The van der Waals surface area contributed by atoms with Crippen LogP contribution >= 0.6 is 0 Å². The fourth-order valence-corrected chi connectivity index (χ4v) is 2.40. The molecule has 0 unspecified atom stereocenters. The van der Waals surface area contributed by atoms with Crippen molar-refractivity contribution in [3.05, 3.63) is 54.4 Å². The van der Waals surface area contributed by atoms with Gasteiger partial charge in [0.15, 0.2) is 17.5 Å². The van der Waals surface area contributed by atoms with Gasteiger partial charge in [0.05, 0.1) is 19.5 Å². The van der Waals surface area contributed by atoms with Crippen molar-refractivity contribution in [1.29, 1.82) is 0 Å². The van der Waals surface area contributed by atoms with Crippen LogP contribution in [0.2, 0.25) is 0 Å². The molecule has 0 saturated carbocycles. The molecule has 2 N–H and O–H groups in total. The van der Waals surface area contributed by atoms with Gasteiger partial charge in [-0.05, 0) is 31.2 Å². The minimum absolute atomic E-state index is 0.0634. The summed E-state index contributed by atoms with van der Waals surface area (Å²) in [5.41, 5.74) is 0.611. The van der Waals surface area contributed by atoms with E-state index >= 15 is 0 Å². The number of furan rings is 1. The van der Waals surface area contributed by atoms with Crippen molar-refractivity contribution in [2.75, 3.05) is 13.2 Å². The Labute approximate surface area is 154 Å². The van der Waals surface area contributed by atoms with Gasteiger partial charge in [-0.15, -0.1) is 0 Å². The number of oxazole rings is 1. The van der Waals surface area contributed by atoms with Gasteiger partial charge in [0.25, 0.3) is 5.91 Å². The first-order valence-electron chi connectivity index (χ1n) is 8.32. The molecule has 0 aliphatic rings. The van der Waals surface area contributed by atoms with E-state index < -0.39 is 24.5 Å². The number of esters is 1. The first-order chi connectivity index (χ1) is 13.1. The first kappa shape index (κ1) is 18.4. The zero-order valence-corrected chi connectivity index (χ0v) is 14.5. The summed E-state index contributed by atoms with van der Waals surface area (Å²) in [4.78, 5) is 28.8. The number of aromatic nitrogens is 1. The minimum Gasteiger partial charge on any atom is -0.464 e. The maximum Gasteiger partial charge on any atom is 0.331 e. The summed E-state index contributed by atoms with van der Waals surface area (Å²) < 4.78 is 15.9. The van der Waals surface area contributed by atoms with Gasteiger partial charge in [0.2, 0.25) is 11.7 Å². The highest BCUT2D eigenvalue weighted by atomic mass is 16.5. The Bertz CT molecular complexity index is 902. The maximum absolute atomic E-state index is 12.7. The molecule has 1 aromatic carbocycles. The topological polar surface area (TPSA) is 115 Å². The summed E-state index contributed by atoms with van der Waals surface area (Å²) in [7, 11) is 0. The van der Waals surface area contributed by atoms with Gasteiger partial charge in [0.1, 0.15) is 0 Å². The zero-order valence-electron chi connectivity index (χ0n) is 14.5. The van der Waals surface area contributed by atoms with Gasteiger partial charge in [0, 0.05) is 5.56 Å². The summed E-state index contributed by atoms with van der Waals surface area (Å²) in [6, 6.07) is 11.1. The molecular weight excluding hydrogens is 352 g/mol. The Morgan fingerprint density at radius 2 is 2.00 bits per heavy atom. The number of aliphatic hydroxyl groups is 1. The highest BCUT2D eigenvalue weighted by molar-refractivity contribution is 5.99. The van der Waals surface area contributed by atoms with E-state index in [0.717, 1.165) is 0 Å². The van der Waals surface area contributed by atoms with E-state index in [4.69, 9.17) is 13.6 Å². The van der Waals surface area contributed by atoms with E-state index in [1.54, 1.807) is 31.2 Å². The second-order valence-electron chi connectivity index (χ2n) is 5.50. The fraction of sp³-hybridized carbons (Fsp3) is 0.211. The van der Waals surface area contributed by atoms with E-state index in [1.807, 2.05) is 18.2 Å². The number of nitrogens with one attached hydrogen (secondary N) is 1. The van der Waals surface area contributed by atoms with Crippen LogP contribution in [0.4, 0.5) is 0 Å². The molecule has 0 saturated heterocycles. The number of benzene rings is 1. The molecule has 1 atom stereocenters. The van der Waals surface area contributed by atoms with Crippen molar-refractivity contribution in [1.82, 2.24) is 10.3 Å². The molecule has 3 aromatic rings. The van der Waals surface area contributed by atoms with Crippen LogP contribution in [-0.2, 0) is 9.53 Å². The van der Waals surface area contributed by atoms with E-state index in [9.17, 15) is 14.7 Å². The quantitative estimate of drug-likeness (QED) is 0.613. The molecule has 0 bridgehead atoms. The van der Waals surface area contributed by atoms with E-state index in [-0.39, 0.29) is 24.0 Å². The van der Waals surface area contributed by atoms with Gasteiger partial charge in [-0.2, -0.15) is 0 Å². The SMILES string of the molecule is CCOC(=O)[C@H](CO)NC(=O)c1nc(-c2ccccc2)oc1-c1ccco1. The molecule has 0 spiro atoms. The molecule has 0 radical (unpaired) electrons. The van der Waals surface area contributed by atoms with Crippen LogP contribution in [0.3, 0.4) is 0 Å². The molecule has 2 aromatic heterocycles. The monoisotopic (exact) mass is 370 g/mol. The lowest BCUT2D eigenvalue weighted by Gasteiger charge is -2.13. The van der Waals surface area contributed by atoms with E-state index in [2.05, 4.69) is 10.3 Å². The molecule has 140 valence electrons. The van der Waals surface area contributed by atoms with E-state index in [0.29, 0.717) is 11.3 Å². The number of amides is 1. The van der Waals surface area contributed by atoms with Crippen LogP contribution in [0.15, 0.2) is 57.6 Å². The van der Waals surface area contributed by atoms with Gasteiger partial charge >= 0.3 is 5.97 Å². The smallest absolute Gasteiger partial charge is 0.331 e. The number of ether oxygens (including phenoxy) is 1. The van der Waals surface area contributed by atoms with Gasteiger partial charge < -0.3 is 24.0 Å². The third-order valence-electron chi connectivity index (χ3n) is 3.67. The molecule has 27 heavy (non-hydrogen) atoms. The predicted octanol–water partition coefficient (Wildman–Crippen LogP) is 2.26. The van der Waals surface area contributed by atoms with Crippen molar-refractivity contribution in [2.24, 2.45) is 0 Å². The van der Waals surface area contributed by atoms with Crippen molar-refractivity contribution < 1.29 is 28.3 Å². The van der Waals surface area contributed by atoms with Crippen LogP contribution in [-0.4, -0.2) is 41.2 Å². The molecule has 3 rings (SSSR count). The average Bonchev–Trinajstić information content (AvgIpc) is 3.36. The second kappa shape index (κ2) is 8.33. The first-order valence-corrected chi connectivity index (χ1v) is 8.32. The van der Waals surface area contributed by atoms with Crippen LogP contribution in [0, 0.1) is 0 Å². The summed E-state index contributed by atoms with van der Waals surface area (Å²) in [5.74, 6) is -0.772. The molecule has 0 fully saturated rings. The zero-order chi connectivity index (χ0) is 19.2. The predicted molar refractivity (Wildman–Crippen MR) is 94.6 cm³/mol. The highest BCUT2D eigenvalue weighted by Crippen LogP contribution is 2.30. The fourth-order valence-electron chi connectivity index (χ4n) is 2.40. The van der Waals surface area contributed by atoms with Gasteiger partial charge in [-0.3, -0.25) is 4.79 Å². The highest BCUT2D eigenvalue weighted by Gasteiger charge is 2.28. The summed E-state index contributed by atoms with van der Waals surface area (Å²) in [6.07, 6.45) is 1.44. The standard InChI is InChI=1S/C19H18N2O6/c1-2-25-19(24)13(11-22)20-17(23)15-16(14-9-6-10-26-14)27-18(21-15)12-7-4-3-5-8-12/h3-10,13,22H,2,11H2,1H3,(H,20,23)/t13-/m0/s1. The van der Waals surface area contributed by atoms with Crippen molar-refractivity contribution in [2.45, 2.75) is 13.0 Å². The number of hydrogen-bond donors (Lipinski definition) is 2. The van der Waals surface area contributed by atoms with Crippen LogP contribution < -0.4 is 5.32 Å². The summed E-state index contributed by atoms with van der Waals surface area (Å²) >= 11 is 0. The molecule has 0 aliphatic heterocycles. The van der Waals surface area contributed by atoms with Crippen LogP contribution in [0.5, 0.6) is 0 Å².